The Hall–Kier alpha value is -1.06. The minimum atomic E-state index is 0.350. The van der Waals surface area contributed by atoms with E-state index in [1.807, 2.05) is 36.7 Å². The summed E-state index contributed by atoms with van der Waals surface area (Å²) in [5, 5.41) is 8.83. The van der Waals surface area contributed by atoms with E-state index < -0.39 is 0 Å². The number of halogens is 2. The number of aryl methyl sites for hydroxylation is 1. The molecule has 16 heavy (non-hydrogen) atoms. The molecule has 0 aliphatic rings. The first kappa shape index (κ1) is 11.4. The number of nitrogens with zero attached hydrogens (tertiary/aromatic N) is 3. The predicted octanol–water partition coefficient (Wildman–Crippen LogP) is 3.18. The maximum absolute atomic E-state index is 6.07. The molecule has 0 saturated carbocycles. The zero-order valence-electron chi connectivity index (χ0n) is 9.04. The van der Waals surface area contributed by atoms with Gasteiger partial charge in [0.2, 0.25) is 0 Å². The van der Waals surface area contributed by atoms with Gasteiger partial charge in [0.1, 0.15) is 5.82 Å². The molecule has 0 amide bonds. The van der Waals surface area contributed by atoms with Crippen LogP contribution in [0.4, 0.5) is 0 Å². The highest BCUT2D eigenvalue weighted by Gasteiger charge is 2.10. The average Bonchev–Trinajstić information content (AvgIpc) is 2.64. The van der Waals surface area contributed by atoms with Gasteiger partial charge in [-0.1, -0.05) is 23.7 Å². The standard InChI is InChI=1S/C11H11Cl2N3/c1-7-3-4-8(5-9(7)13)11-15-14-10(6-12)16(11)2/h3-5H,6H2,1-2H3. The van der Waals surface area contributed by atoms with Crippen molar-refractivity contribution >= 4 is 23.2 Å². The summed E-state index contributed by atoms with van der Waals surface area (Å²) >= 11 is 11.8. The van der Waals surface area contributed by atoms with Gasteiger partial charge in [0.25, 0.3) is 0 Å². The topological polar surface area (TPSA) is 30.7 Å². The van der Waals surface area contributed by atoms with Crippen LogP contribution in [0.25, 0.3) is 11.4 Å². The molecular formula is C11H11Cl2N3. The van der Waals surface area contributed by atoms with Gasteiger partial charge in [0.15, 0.2) is 5.82 Å². The molecule has 1 aromatic carbocycles. The molecule has 3 nitrogen and oxygen atoms in total. The minimum Gasteiger partial charge on any atom is -0.313 e. The maximum Gasteiger partial charge on any atom is 0.163 e. The van der Waals surface area contributed by atoms with Gasteiger partial charge in [-0.2, -0.15) is 0 Å². The van der Waals surface area contributed by atoms with Crippen molar-refractivity contribution in [1.82, 2.24) is 14.8 Å². The van der Waals surface area contributed by atoms with E-state index in [2.05, 4.69) is 10.2 Å². The first-order chi connectivity index (χ1) is 7.63. The molecule has 2 aromatic rings. The lowest BCUT2D eigenvalue weighted by Crippen LogP contribution is -1.97. The van der Waals surface area contributed by atoms with Gasteiger partial charge in [-0.15, -0.1) is 21.8 Å². The molecule has 0 atom stereocenters. The predicted molar refractivity (Wildman–Crippen MR) is 65.7 cm³/mol. The highest BCUT2D eigenvalue weighted by Crippen LogP contribution is 2.24. The Kier molecular flexibility index (Phi) is 3.17. The zero-order chi connectivity index (χ0) is 11.7. The molecule has 0 bridgehead atoms. The second kappa shape index (κ2) is 4.44. The van der Waals surface area contributed by atoms with Gasteiger partial charge >= 0.3 is 0 Å². The molecule has 0 aliphatic heterocycles. The van der Waals surface area contributed by atoms with Crippen LogP contribution in [-0.4, -0.2) is 14.8 Å². The van der Waals surface area contributed by atoms with Crippen LogP contribution >= 0.6 is 23.2 Å². The summed E-state index contributed by atoms with van der Waals surface area (Å²) in [5.41, 5.74) is 1.99. The monoisotopic (exact) mass is 255 g/mol. The second-order valence-corrected chi connectivity index (χ2v) is 4.27. The lowest BCUT2D eigenvalue weighted by molar-refractivity contribution is 0.853. The van der Waals surface area contributed by atoms with Gasteiger partial charge < -0.3 is 4.57 Å². The third-order valence-electron chi connectivity index (χ3n) is 2.51. The number of benzene rings is 1. The molecule has 1 heterocycles. The van der Waals surface area contributed by atoms with Crippen molar-refractivity contribution in [2.24, 2.45) is 7.05 Å². The SMILES string of the molecule is Cc1ccc(-c2nnc(CCl)n2C)cc1Cl. The largest absolute Gasteiger partial charge is 0.313 e. The first-order valence-electron chi connectivity index (χ1n) is 4.84. The summed E-state index contributed by atoms with van der Waals surface area (Å²) in [6.07, 6.45) is 0. The van der Waals surface area contributed by atoms with Crippen molar-refractivity contribution in [1.29, 1.82) is 0 Å². The highest BCUT2D eigenvalue weighted by molar-refractivity contribution is 6.31. The van der Waals surface area contributed by atoms with Crippen molar-refractivity contribution in [3.8, 4) is 11.4 Å². The summed E-state index contributed by atoms with van der Waals surface area (Å²) in [7, 11) is 1.89. The molecule has 0 N–H and O–H groups in total. The van der Waals surface area contributed by atoms with Gasteiger partial charge in [0, 0.05) is 17.6 Å². The van der Waals surface area contributed by atoms with Crippen LogP contribution in [0.5, 0.6) is 0 Å². The lowest BCUT2D eigenvalue weighted by Gasteiger charge is -2.04. The number of aromatic nitrogens is 3. The van der Waals surface area contributed by atoms with Crippen LogP contribution in [0.15, 0.2) is 18.2 Å². The van der Waals surface area contributed by atoms with E-state index in [-0.39, 0.29) is 0 Å². The van der Waals surface area contributed by atoms with E-state index in [0.29, 0.717) is 5.88 Å². The normalized spacial score (nSPS) is 10.8. The molecule has 0 unspecified atom stereocenters. The van der Waals surface area contributed by atoms with E-state index in [9.17, 15) is 0 Å². The minimum absolute atomic E-state index is 0.350. The van der Waals surface area contributed by atoms with E-state index in [4.69, 9.17) is 23.2 Å². The summed E-state index contributed by atoms with van der Waals surface area (Å²) in [5.74, 6) is 1.87. The van der Waals surface area contributed by atoms with Crippen LogP contribution in [0, 0.1) is 6.92 Å². The highest BCUT2D eigenvalue weighted by atomic mass is 35.5. The van der Waals surface area contributed by atoms with Gasteiger partial charge in [0.05, 0.1) is 5.88 Å². The van der Waals surface area contributed by atoms with Gasteiger partial charge in [-0.25, -0.2) is 0 Å². The van der Waals surface area contributed by atoms with Crippen molar-refractivity contribution in [2.45, 2.75) is 12.8 Å². The van der Waals surface area contributed by atoms with E-state index in [1.165, 1.54) is 0 Å². The molecule has 2 rings (SSSR count). The summed E-state index contributed by atoms with van der Waals surface area (Å²) in [4.78, 5) is 0. The fourth-order valence-corrected chi connectivity index (χ4v) is 1.87. The Bertz CT molecular complexity index is 520. The fourth-order valence-electron chi connectivity index (χ4n) is 1.46. The molecule has 0 spiro atoms. The maximum atomic E-state index is 6.07. The molecule has 0 aliphatic carbocycles. The second-order valence-electron chi connectivity index (χ2n) is 3.60. The molecular weight excluding hydrogens is 245 g/mol. The summed E-state index contributed by atoms with van der Waals surface area (Å²) in [6, 6.07) is 5.83. The van der Waals surface area contributed by atoms with Crippen LogP contribution in [0.3, 0.4) is 0 Å². The first-order valence-corrected chi connectivity index (χ1v) is 5.75. The number of alkyl halides is 1. The molecule has 0 fully saturated rings. The van der Waals surface area contributed by atoms with E-state index in [0.717, 1.165) is 27.8 Å². The number of hydrogen-bond donors (Lipinski definition) is 0. The third kappa shape index (κ3) is 1.93. The van der Waals surface area contributed by atoms with E-state index >= 15 is 0 Å². The van der Waals surface area contributed by atoms with Crippen molar-refractivity contribution < 1.29 is 0 Å². The fraction of sp³-hybridized carbons (Fsp3) is 0.273. The van der Waals surface area contributed by atoms with Crippen LogP contribution in [0.2, 0.25) is 5.02 Å². The Morgan fingerprint density at radius 1 is 1.31 bits per heavy atom. The van der Waals surface area contributed by atoms with Crippen molar-refractivity contribution in [2.75, 3.05) is 0 Å². The Morgan fingerprint density at radius 3 is 2.62 bits per heavy atom. The molecule has 1 aromatic heterocycles. The van der Waals surface area contributed by atoms with Crippen LogP contribution < -0.4 is 0 Å². The number of hydrogen-bond acceptors (Lipinski definition) is 2. The Labute approximate surface area is 104 Å². The summed E-state index contributed by atoms with van der Waals surface area (Å²) < 4.78 is 1.87. The summed E-state index contributed by atoms with van der Waals surface area (Å²) in [6.45, 7) is 1.97. The molecule has 0 saturated heterocycles. The Morgan fingerprint density at radius 2 is 2.06 bits per heavy atom. The van der Waals surface area contributed by atoms with E-state index in [1.54, 1.807) is 0 Å². The Balaban J connectivity index is 2.50. The number of rotatable bonds is 2. The van der Waals surface area contributed by atoms with Gasteiger partial charge in [-0.05, 0) is 18.6 Å². The zero-order valence-corrected chi connectivity index (χ0v) is 10.5. The van der Waals surface area contributed by atoms with Crippen LogP contribution in [-0.2, 0) is 12.9 Å². The quantitative estimate of drug-likeness (QED) is 0.772. The van der Waals surface area contributed by atoms with Crippen LogP contribution in [0.1, 0.15) is 11.4 Å². The van der Waals surface area contributed by atoms with Gasteiger partial charge in [-0.3, -0.25) is 0 Å². The molecule has 84 valence electrons. The smallest absolute Gasteiger partial charge is 0.163 e. The third-order valence-corrected chi connectivity index (χ3v) is 3.16. The van der Waals surface area contributed by atoms with Crippen molar-refractivity contribution in [3.05, 3.63) is 34.6 Å². The molecule has 0 radical (unpaired) electrons. The molecule has 5 heteroatoms. The van der Waals surface area contributed by atoms with Crippen molar-refractivity contribution in [3.63, 3.8) is 0 Å². The average molecular weight is 256 g/mol. The lowest BCUT2D eigenvalue weighted by atomic mass is 10.1.